The molecule has 11 rings (SSSR count). The molecular weight excluding hydrogens is 717 g/mol. The fourth-order valence-corrected chi connectivity index (χ4v) is 9.33. The Morgan fingerprint density at radius 1 is 0.544 bits per heavy atom. The number of aliphatic imine (C=N–C) groups is 2. The van der Waals surface area contributed by atoms with E-state index in [2.05, 4.69) is 120 Å². The molecule has 11 aromatic rings. The fraction of sp³-hybridized carbons (Fsp3) is 0.0196. The van der Waals surface area contributed by atoms with Crippen LogP contribution in [-0.2, 0) is 6.54 Å². The number of furan rings is 1. The Kier molecular flexibility index (Phi) is 7.83. The van der Waals surface area contributed by atoms with Gasteiger partial charge in [-0.1, -0.05) is 121 Å². The number of thiophene rings is 1. The van der Waals surface area contributed by atoms with E-state index in [1.54, 1.807) is 0 Å². The van der Waals surface area contributed by atoms with Crippen molar-refractivity contribution in [3.8, 4) is 16.8 Å². The van der Waals surface area contributed by atoms with Gasteiger partial charge in [0.05, 0.1) is 17.6 Å². The number of nitrogens with zero attached hydrogens (tertiary/aromatic N) is 3. The zero-order valence-corrected chi connectivity index (χ0v) is 31.6. The number of amidine groups is 2. The van der Waals surface area contributed by atoms with Crippen LogP contribution in [0.5, 0.6) is 0 Å². The zero-order chi connectivity index (χ0) is 37.9. The van der Waals surface area contributed by atoms with Crippen molar-refractivity contribution in [2.24, 2.45) is 15.7 Å². The summed E-state index contributed by atoms with van der Waals surface area (Å²) in [7, 11) is 0. The van der Waals surface area contributed by atoms with Gasteiger partial charge in [-0.05, 0) is 77.4 Å². The van der Waals surface area contributed by atoms with E-state index in [1.807, 2.05) is 78.1 Å². The molecule has 0 saturated heterocycles. The van der Waals surface area contributed by atoms with Gasteiger partial charge < -0.3 is 14.7 Å². The number of para-hydroxylation sites is 2. The summed E-state index contributed by atoms with van der Waals surface area (Å²) in [6.45, 7) is 0.503. The molecule has 5 nitrogen and oxygen atoms in total. The summed E-state index contributed by atoms with van der Waals surface area (Å²) in [6.07, 6.45) is 0. The lowest BCUT2D eigenvalue weighted by molar-refractivity contribution is 0.669. The standard InChI is InChI=1S/C51H34N4OS/c52-50(54-51(33-14-5-2-6-15-33)53-31-32-12-3-1-4-13-32)35-22-26-45-42(29-35)49-37(18-11-21-46(49)56-45)34-23-27-47-41(28-34)40-25-24-36(30-48(40)57-47)55-43-19-9-7-16-38(43)39-17-8-10-20-44(39)55/h1-30H,31H2,(H2,52,53,54). The number of aromatic nitrogens is 1. The maximum Gasteiger partial charge on any atom is 0.157 e. The van der Waals surface area contributed by atoms with Gasteiger partial charge in [0.25, 0.3) is 0 Å². The molecule has 0 saturated carbocycles. The molecule has 0 aliphatic heterocycles. The Morgan fingerprint density at radius 3 is 2.07 bits per heavy atom. The normalized spacial score (nSPS) is 12.6. The van der Waals surface area contributed by atoms with Gasteiger partial charge in [0.15, 0.2) is 5.84 Å². The molecule has 8 aromatic carbocycles. The minimum atomic E-state index is 0.394. The molecule has 2 N–H and O–H groups in total. The van der Waals surface area contributed by atoms with E-state index < -0.39 is 0 Å². The molecule has 3 aromatic heterocycles. The predicted molar refractivity (Wildman–Crippen MR) is 240 cm³/mol. The Morgan fingerprint density at radius 2 is 1.28 bits per heavy atom. The van der Waals surface area contributed by atoms with E-state index in [4.69, 9.17) is 20.1 Å². The van der Waals surface area contributed by atoms with Crippen LogP contribution in [-0.4, -0.2) is 16.2 Å². The van der Waals surface area contributed by atoms with Gasteiger partial charge in [0.1, 0.15) is 17.0 Å². The molecule has 6 heteroatoms. The number of hydrogen-bond donors (Lipinski definition) is 1. The van der Waals surface area contributed by atoms with Gasteiger partial charge in [-0.2, -0.15) is 0 Å². The second-order valence-electron chi connectivity index (χ2n) is 14.3. The van der Waals surface area contributed by atoms with Crippen molar-refractivity contribution in [1.29, 1.82) is 0 Å². The highest BCUT2D eigenvalue weighted by atomic mass is 32.1. The Balaban J connectivity index is 0.997. The highest BCUT2D eigenvalue weighted by Crippen LogP contribution is 2.42. The quantitative estimate of drug-likeness (QED) is 0.136. The van der Waals surface area contributed by atoms with Crippen LogP contribution in [0.3, 0.4) is 0 Å². The molecule has 0 bridgehead atoms. The average Bonchev–Trinajstić information content (AvgIpc) is 3.94. The molecule has 0 fully saturated rings. The topological polar surface area (TPSA) is 68.8 Å². The van der Waals surface area contributed by atoms with E-state index in [1.165, 1.54) is 47.7 Å². The molecule has 0 spiro atoms. The van der Waals surface area contributed by atoms with Crippen LogP contribution in [0, 0.1) is 0 Å². The smallest absolute Gasteiger partial charge is 0.157 e. The van der Waals surface area contributed by atoms with Crippen LogP contribution in [0.1, 0.15) is 16.7 Å². The van der Waals surface area contributed by atoms with Gasteiger partial charge in [-0.3, -0.25) is 4.99 Å². The van der Waals surface area contributed by atoms with Crippen molar-refractivity contribution in [3.05, 3.63) is 199 Å². The van der Waals surface area contributed by atoms with Crippen molar-refractivity contribution in [2.75, 3.05) is 0 Å². The second-order valence-corrected chi connectivity index (χ2v) is 15.4. The molecular formula is C51H34N4OS. The van der Waals surface area contributed by atoms with Gasteiger partial charge in [0, 0.05) is 58.5 Å². The molecule has 270 valence electrons. The number of rotatable bonds is 6. The van der Waals surface area contributed by atoms with Gasteiger partial charge >= 0.3 is 0 Å². The number of fused-ring (bicyclic) bond motifs is 9. The first-order chi connectivity index (χ1) is 28.2. The molecule has 0 aliphatic carbocycles. The molecule has 3 heterocycles. The molecule has 0 unspecified atom stereocenters. The SMILES string of the molecule is N/C(=N\C(=N/Cc1ccccc1)c1ccccc1)c1ccc2oc3cccc(-c4ccc5sc6cc(-n7c8ccccc8c8ccccc87)ccc6c5c4)c3c2c1. The van der Waals surface area contributed by atoms with Crippen LogP contribution in [0.25, 0.3) is 80.7 Å². The molecule has 0 amide bonds. The van der Waals surface area contributed by atoms with Gasteiger partial charge in [-0.15, -0.1) is 11.3 Å². The maximum absolute atomic E-state index is 6.79. The summed E-state index contributed by atoms with van der Waals surface area (Å²) >= 11 is 1.84. The number of hydrogen-bond acceptors (Lipinski definition) is 3. The highest BCUT2D eigenvalue weighted by Gasteiger charge is 2.17. The Hall–Kier alpha value is -7.28. The lowest BCUT2D eigenvalue weighted by atomic mass is 9.97. The molecule has 0 radical (unpaired) electrons. The van der Waals surface area contributed by atoms with E-state index >= 15 is 0 Å². The van der Waals surface area contributed by atoms with Crippen molar-refractivity contribution in [1.82, 2.24) is 4.57 Å². The monoisotopic (exact) mass is 750 g/mol. The van der Waals surface area contributed by atoms with E-state index in [-0.39, 0.29) is 0 Å². The summed E-state index contributed by atoms with van der Waals surface area (Å²) in [5, 5.41) is 7.07. The van der Waals surface area contributed by atoms with E-state index in [0.717, 1.165) is 49.8 Å². The molecule has 0 atom stereocenters. The van der Waals surface area contributed by atoms with Crippen molar-refractivity contribution in [3.63, 3.8) is 0 Å². The Bertz CT molecular complexity index is 3340. The van der Waals surface area contributed by atoms with Crippen LogP contribution in [0.4, 0.5) is 0 Å². The van der Waals surface area contributed by atoms with Crippen LogP contribution in [0.2, 0.25) is 0 Å². The average molecular weight is 751 g/mol. The number of benzene rings is 8. The van der Waals surface area contributed by atoms with Crippen LogP contribution >= 0.6 is 11.3 Å². The fourth-order valence-electron chi connectivity index (χ4n) is 8.21. The van der Waals surface area contributed by atoms with E-state index in [9.17, 15) is 0 Å². The van der Waals surface area contributed by atoms with Crippen molar-refractivity contribution < 1.29 is 4.42 Å². The van der Waals surface area contributed by atoms with Crippen LogP contribution < -0.4 is 5.73 Å². The number of nitrogens with two attached hydrogens (primary N) is 1. The third-order valence-corrected chi connectivity index (χ3v) is 12.0. The third kappa shape index (κ3) is 5.69. The molecule has 57 heavy (non-hydrogen) atoms. The van der Waals surface area contributed by atoms with Crippen molar-refractivity contribution >= 4 is 86.9 Å². The largest absolute Gasteiger partial charge is 0.456 e. The van der Waals surface area contributed by atoms with Crippen molar-refractivity contribution in [2.45, 2.75) is 6.54 Å². The highest BCUT2D eigenvalue weighted by molar-refractivity contribution is 7.25. The first-order valence-corrected chi connectivity index (χ1v) is 19.9. The minimum Gasteiger partial charge on any atom is -0.456 e. The van der Waals surface area contributed by atoms with Gasteiger partial charge in [-0.25, -0.2) is 4.99 Å². The first kappa shape index (κ1) is 33.1. The summed E-state index contributed by atoms with van der Waals surface area (Å²) in [5.41, 5.74) is 17.1. The summed E-state index contributed by atoms with van der Waals surface area (Å²) in [4.78, 5) is 9.81. The van der Waals surface area contributed by atoms with Gasteiger partial charge in [0.2, 0.25) is 0 Å². The third-order valence-electron chi connectivity index (χ3n) is 10.9. The Labute approximate surface area is 332 Å². The zero-order valence-electron chi connectivity index (χ0n) is 30.8. The lowest BCUT2D eigenvalue weighted by Crippen LogP contribution is -2.16. The first-order valence-electron chi connectivity index (χ1n) is 19.1. The van der Waals surface area contributed by atoms with E-state index in [0.29, 0.717) is 18.2 Å². The summed E-state index contributed by atoms with van der Waals surface area (Å²) in [6, 6.07) is 63.6. The predicted octanol–water partition coefficient (Wildman–Crippen LogP) is 13.1. The second kappa shape index (κ2) is 13.5. The molecule has 0 aliphatic rings. The maximum atomic E-state index is 6.79. The summed E-state index contributed by atoms with van der Waals surface area (Å²) < 4.78 is 11.3. The minimum absolute atomic E-state index is 0.394. The van der Waals surface area contributed by atoms with Crippen LogP contribution in [0.15, 0.2) is 196 Å². The lowest BCUT2D eigenvalue weighted by Gasteiger charge is -2.08. The summed E-state index contributed by atoms with van der Waals surface area (Å²) in [5.74, 6) is 0.985.